The minimum atomic E-state index is -0.0389. The van der Waals surface area contributed by atoms with E-state index in [-0.39, 0.29) is 5.41 Å². The summed E-state index contributed by atoms with van der Waals surface area (Å²) in [5.74, 6) is 0.841. The van der Waals surface area contributed by atoms with E-state index in [1.165, 1.54) is 0 Å². The van der Waals surface area contributed by atoms with Crippen molar-refractivity contribution in [2.45, 2.75) is 32.8 Å². The zero-order chi connectivity index (χ0) is 11.8. The van der Waals surface area contributed by atoms with Gasteiger partial charge in [0.1, 0.15) is 0 Å². The van der Waals surface area contributed by atoms with E-state index >= 15 is 0 Å². The molecule has 0 atom stereocenters. The van der Waals surface area contributed by atoms with E-state index in [0.29, 0.717) is 6.61 Å². The zero-order valence-electron chi connectivity index (χ0n) is 10.2. The Morgan fingerprint density at radius 3 is 2.69 bits per heavy atom. The average molecular weight is 219 g/mol. The molecule has 0 aromatic carbocycles. The summed E-state index contributed by atoms with van der Waals surface area (Å²) in [5, 5.41) is 4.55. The number of ether oxygens (including phenoxy) is 1. The van der Waals surface area contributed by atoms with Crippen LogP contribution in [0.1, 0.15) is 32.3 Å². The number of hydrogen-bond donors (Lipinski definition) is 0. The van der Waals surface area contributed by atoms with Crippen molar-refractivity contribution >= 4 is 5.52 Å². The van der Waals surface area contributed by atoms with Gasteiger partial charge in [-0.05, 0) is 12.1 Å². The van der Waals surface area contributed by atoms with Gasteiger partial charge in [-0.1, -0.05) is 20.8 Å². The summed E-state index contributed by atoms with van der Waals surface area (Å²) in [6.45, 7) is 6.88. The third-order valence-electron chi connectivity index (χ3n) is 2.44. The molecule has 0 unspecified atom stereocenters. The SMILES string of the molecule is COCc1ccc2cnc(C(C)(C)C)nn12. The fraction of sp³-hybridized carbons (Fsp3) is 0.500. The molecule has 0 bridgehead atoms. The van der Waals surface area contributed by atoms with Gasteiger partial charge in [0.2, 0.25) is 0 Å². The minimum absolute atomic E-state index is 0.0389. The quantitative estimate of drug-likeness (QED) is 0.777. The Morgan fingerprint density at radius 1 is 1.31 bits per heavy atom. The Bertz CT molecular complexity index is 496. The molecule has 4 nitrogen and oxygen atoms in total. The molecule has 0 saturated heterocycles. The van der Waals surface area contributed by atoms with Crippen LogP contribution in [0.3, 0.4) is 0 Å². The van der Waals surface area contributed by atoms with E-state index < -0.39 is 0 Å². The maximum atomic E-state index is 5.14. The van der Waals surface area contributed by atoms with E-state index in [2.05, 4.69) is 30.9 Å². The van der Waals surface area contributed by atoms with Gasteiger partial charge in [0, 0.05) is 12.5 Å². The normalized spacial score (nSPS) is 12.2. The zero-order valence-corrected chi connectivity index (χ0v) is 10.2. The van der Waals surface area contributed by atoms with Gasteiger partial charge < -0.3 is 4.74 Å². The molecule has 0 N–H and O–H groups in total. The first-order chi connectivity index (χ1) is 7.52. The number of methoxy groups -OCH3 is 1. The number of aromatic nitrogens is 3. The van der Waals surface area contributed by atoms with Crippen LogP contribution in [0.15, 0.2) is 18.3 Å². The lowest BCUT2D eigenvalue weighted by Crippen LogP contribution is -2.18. The predicted octanol–water partition coefficient (Wildman–Crippen LogP) is 2.17. The molecule has 0 fully saturated rings. The third kappa shape index (κ3) is 1.93. The Hall–Kier alpha value is -1.42. The molecule has 0 spiro atoms. The lowest BCUT2D eigenvalue weighted by Gasteiger charge is -2.16. The summed E-state index contributed by atoms with van der Waals surface area (Å²) in [7, 11) is 1.69. The van der Waals surface area contributed by atoms with E-state index in [4.69, 9.17) is 4.74 Å². The summed E-state index contributed by atoms with van der Waals surface area (Å²) in [6, 6.07) is 4.01. The van der Waals surface area contributed by atoms with E-state index in [0.717, 1.165) is 17.0 Å². The molecule has 0 aliphatic heterocycles. The van der Waals surface area contributed by atoms with Crippen LogP contribution in [0.5, 0.6) is 0 Å². The molecular weight excluding hydrogens is 202 g/mol. The van der Waals surface area contributed by atoms with Crippen molar-refractivity contribution in [3.63, 3.8) is 0 Å². The maximum absolute atomic E-state index is 5.14. The topological polar surface area (TPSA) is 39.4 Å². The Labute approximate surface area is 95.3 Å². The van der Waals surface area contributed by atoms with Crippen molar-refractivity contribution in [2.75, 3.05) is 7.11 Å². The standard InChI is InChI=1S/C12H17N3O/c1-12(2,3)11-13-7-9-5-6-10(8-16-4)15(9)14-11/h5-7H,8H2,1-4H3. The highest BCUT2D eigenvalue weighted by Gasteiger charge is 2.18. The Kier molecular flexibility index (Phi) is 2.68. The number of nitrogens with zero attached hydrogens (tertiary/aromatic N) is 3. The summed E-state index contributed by atoms with van der Waals surface area (Å²) in [5.41, 5.74) is 2.01. The lowest BCUT2D eigenvalue weighted by molar-refractivity contribution is 0.179. The molecule has 86 valence electrons. The van der Waals surface area contributed by atoms with Gasteiger partial charge in [0.25, 0.3) is 0 Å². The van der Waals surface area contributed by atoms with Crippen molar-refractivity contribution < 1.29 is 4.74 Å². The lowest BCUT2D eigenvalue weighted by atomic mass is 9.96. The Balaban J connectivity index is 2.54. The van der Waals surface area contributed by atoms with Gasteiger partial charge in [0.15, 0.2) is 5.82 Å². The smallest absolute Gasteiger partial charge is 0.154 e. The van der Waals surface area contributed by atoms with Crippen LogP contribution in [0.25, 0.3) is 5.52 Å². The molecule has 0 saturated carbocycles. The minimum Gasteiger partial charge on any atom is -0.378 e. The fourth-order valence-electron chi connectivity index (χ4n) is 1.56. The summed E-state index contributed by atoms with van der Waals surface area (Å²) in [6.07, 6.45) is 1.85. The molecule has 0 amide bonds. The third-order valence-corrected chi connectivity index (χ3v) is 2.44. The molecule has 2 heterocycles. The highest BCUT2D eigenvalue weighted by atomic mass is 16.5. The first-order valence-electron chi connectivity index (χ1n) is 5.35. The highest BCUT2D eigenvalue weighted by molar-refractivity contribution is 5.46. The molecule has 0 aliphatic rings. The maximum Gasteiger partial charge on any atom is 0.154 e. The summed E-state index contributed by atoms with van der Waals surface area (Å²) >= 11 is 0. The summed E-state index contributed by atoms with van der Waals surface area (Å²) < 4.78 is 7.04. The van der Waals surface area contributed by atoms with Gasteiger partial charge >= 0.3 is 0 Å². The fourth-order valence-corrected chi connectivity index (χ4v) is 1.56. The molecular formula is C12H17N3O. The van der Waals surface area contributed by atoms with Gasteiger partial charge in [-0.2, -0.15) is 5.10 Å². The monoisotopic (exact) mass is 219 g/mol. The molecule has 0 radical (unpaired) electrons. The van der Waals surface area contributed by atoms with Crippen LogP contribution in [0.4, 0.5) is 0 Å². The van der Waals surface area contributed by atoms with E-state index in [1.807, 2.05) is 22.8 Å². The first-order valence-corrected chi connectivity index (χ1v) is 5.35. The predicted molar refractivity (Wildman–Crippen MR) is 62.4 cm³/mol. The first kappa shape index (κ1) is 11.1. The van der Waals surface area contributed by atoms with E-state index in [1.54, 1.807) is 7.11 Å². The van der Waals surface area contributed by atoms with Crippen LogP contribution in [-0.4, -0.2) is 21.7 Å². The molecule has 0 aliphatic carbocycles. The van der Waals surface area contributed by atoms with Crippen LogP contribution >= 0.6 is 0 Å². The highest BCUT2D eigenvalue weighted by Crippen LogP contribution is 2.18. The largest absolute Gasteiger partial charge is 0.378 e. The van der Waals surface area contributed by atoms with Gasteiger partial charge in [-0.25, -0.2) is 9.50 Å². The van der Waals surface area contributed by atoms with Gasteiger partial charge in [-0.15, -0.1) is 0 Å². The number of hydrogen-bond acceptors (Lipinski definition) is 3. The number of rotatable bonds is 2. The van der Waals surface area contributed by atoms with Crippen molar-refractivity contribution in [2.24, 2.45) is 0 Å². The second-order valence-electron chi connectivity index (χ2n) is 4.93. The molecule has 4 heteroatoms. The Morgan fingerprint density at radius 2 is 2.06 bits per heavy atom. The molecule has 2 aromatic rings. The summed E-state index contributed by atoms with van der Waals surface area (Å²) in [4.78, 5) is 4.38. The van der Waals surface area contributed by atoms with Crippen molar-refractivity contribution in [1.29, 1.82) is 0 Å². The molecule has 16 heavy (non-hydrogen) atoms. The average Bonchev–Trinajstić information content (AvgIpc) is 2.60. The van der Waals surface area contributed by atoms with Crippen LogP contribution in [0.2, 0.25) is 0 Å². The van der Waals surface area contributed by atoms with E-state index in [9.17, 15) is 0 Å². The van der Waals surface area contributed by atoms with Crippen LogP contribution in [-0.2, 0) is 16.8 Å². The molecule has 2 aromatic heterocycles. The second kappa shape index (κ2) is 3.87. The van der Waals surface area contributed by atoms with Gasteiger partial charge in [-0.3, -0.25) is 0 Å². The van der Waals surface area contributed by atoms with Crippen molar-refractivity contribution in [1.82, 2.24) is 14.6 Å². The molecule has 2 rings (SSSR count). The van der Waals surface area contributed by atoms with Gasteiger partial charge in [0.05, 0.1) is 24.0 Å². The van der Waals surface area contributed by atoms with Crippen molar-refractivity contribution in [3.8, 4) is 0 Å². The second-order valence-corrected chi connectivity index (χ2v) is 4.93. The van der Waals surface area contributed by atoms with Crippen LogP contribution in [0, 0.1) is 0 Å². The van der Waals surface area contributed by atoms with Crippen LogP contribution < -0.4 is 0 Å². The number of fused-ring (bicyclic) bond motifs is 1. The van der Waals surface area contributed by atoms with Crippen molar-refractivity contribution in [3.05, 3.63) is 29.8 Å².